The number of fused-ring (bicyclic) bond motifs is 7. The molecule has 0 unspecified atom stereocenters. The van der Waals surface area contributed by atoms with Crippen LogP contribution in [0.25, 0.3) is 0 Å². The first-order valence-electron chi connectivity index (χ1n) is 13.5. The van der Waals surface area contributed by atoms with E-state index < -0.39 is 0 Å². The van der Waals surface area contributed by atoms with Crippen molar-refractivity contribution in [2.24, 2.45) is 50.2 Å². The number of aliphatic hydroxyl groups is 2. The molecular weight excluding hydrogens is 392 g/mol. The minimum atomic E-state index is -0.369. The number of hydrogen-bond acceptors (Lipinski definition) is 2. The summed E-state index contributed by atoms with van der Waals surface area (Å²) >= 11 is 0. The molecule has 5 aliphatic rings. The predicted molar refractivity (Wildman–Crippen MR) is 132 cm³/mol. The van der Waals surface area contributed by atoms with Gasteiger partial charge in [-0.3, -0.25) is 0 Å². The van der Waals surface area contributed by atoms with Crippen molar-refractivity contribution < 1.29 is 10.2 Å². The first-order valence-corrected chi connectivity index (χ1v) is 13.5. The summed E-state index contributed by atoms with van der Waals surface area (Å²) in [5.74, 6) is 1.71. The van der Waals surface area contributed by atoms with Crippen LogP contribution in [0.3, 0.4) is 0 Å². The predicted octanol–water partition coefficient (Wildman–Crippen LogP) is 6.92. The third-order valence-electron chi connectivity index (χ3n) is 12.6. The van der Waals surface area contributed by atoms with Gasteiger partial charge in [-0.2, -0.15) is 0 Å². The van der Waals surface area contributed by atoms with Gasteiger partial charge in [0.25, 0.3) is 0 Å². The van der Waals surface area contributed by atoms with Crippen LogP contribution in [0.1, 0.15) is 99.8 Å². The van der Waals surface area contributed by atoms with E-state index in [2.05, 4.69) is 66.7 Å². The molecule has 0 aromatic heterocycles. The van der Waals surface area contributed by atoms with Gasteiger partial charge in [0.15, 0.2) is 0 Å². The molecule has 0 bridgehead atoms. The average Bonchev–Trinajstić information content (AvgIpc) is 2.73. The lowest BCUT2D eigenvalue weighted by atomic mass is 9.34. The summed E-state index contributed by atoms with van der Waals surface area (Å²) in [6.45, 7) is 17.4. The molecular formula is C30H48O2. The van der Waals surface area contributed by atoms with Gasteiger partial charge in [-0.1, -0.05) is 72.3 Å². The van der Waals surface area contributed by atoms with Crippen molar-refractivity contribution >= 4 is 0 Å². The summed E-state index contributed by atoms with van der Waals surface area (Å²) in [6.07, 6.45) is 16.8. The lowest BCUT2D eigenvalue weighted by molar-refractivity contribution is -0.213. The lowest BCUT2D eigenvalue weighted by Gasteiger charge is -2.71. The van der Waals surface area contributed by atoms with Crippen molar-refractivity contribution in [1.29, 1.82) is 0 Å². The van der Waals surface area contributed by atoms with Gasteiger partial charge < -0.3 is 10.2 Å². The maximum Gasteiger partial charge on any atom is 0.0618 e. The van der Waals surface area contributed by atoms with E-state index in [4.69, 9.17) is 0 Å². The molecule has 0 aromatic carbocycles. The average molecular weight is 441 g/mol. The Balaban J connectivity index is 1.58. The summed E-state index contributed by atoms with van der Waals surface area (Å²) in [6, 6.07) is 0. The van der Waals surface area contributed by atoms with Crippen LogP contribution in [-0.4, -0.2) is 22.9 Å². The third kappa shape index (κ3) is 2.72. The van der Waals surface area contributed by atoms with Gasteiger partial charge in [0.05, 0.1) is 12.7 Å². The summed E-state index contributed by atoms with van der Waals surface area (Å²) in [5, 5.41) is 21.3. The Morgan fingerprint density at radius 1 is 0.875 bits per heavy atom. The molecule has 3 saturated carbocycles. The number of hydrogen-bond donors (Lipinski definition) is 2. The summed E-state index contributed by atoms with van der Waals surface area (Å²) in [5.41, 5.74) is 2.78. The molecule has 32 heavy (non-hydrogen) atoms. The van der Waals surface area contributed by atoms with E-state index in [1.807, 2.05) is 0 Å². The highest BCUT2D eigenvalue weighted by Crippen LogP contribution is 2.75. The number of allylic oxidation sites excluding steroid dienone is 4. The zero-order valence-electron chi connectivity index (χ0n) is 21.8. The van der Waals surface area contributed by atoms with Gasteiger partial charge in [0, 0.05) is 5.41 Å². The van der Waals surface area contributed by atoms with Crippen LogP contribution in [0, 0.1) is 50.2 Å². The molecule has 0 aromatic rings. The fourth-order valence-electron chi connectivity index (χ4n) is 10.1. The zero-order chi connectivity index (χ0) is 23.4. The zero-order valence-corrected chi connectivity index (χ0v) is 21.8. The van der Waals surface area contributed by atoms with Crippen LogP contribution >= 0.6 is 0 Å². The van der Waals surface area contributed by atoms with E-state index >= 15 is 0 Å². The second kappa shape index (κ2) is 6.75. The maximum atomic E-state index is 10.9. The molecule has 5 rings (SSSR count). The molecule has 0 saturated heterocycles. The van der Waals surface area contributed by atoms with Gasteiger partial charge in [0.2, 0.25) is 0 Å². The molecule has 0 radical (unpaired) electrons. The topological polar surface area (TPSA) is 40.5 Å². The van der Waals surface area contributed by atoms with E-state index in [9.17, 15) is 10.2 Å². The van der Waals surface area contributed by atoms with Crippen molar-refractivity contribution in [2.75, 3.05) is 6.61 Å². The van der Waals surface area contributed by atoms with Crippen molar-refractivity contribution in [3.05, 3.63) is 23.8 Å². The van der Waals surface area contributed by atoms with Crippen LogP contribution in [0.5, 0.6) is 0 Å². The molecule has 5 aliphatic carbocycles. The smallest absolute Gasteiger partial charge is 0.0618 e. The first-order chi connectivity index (χ1) is 14.8. The van der Waals surface area contributed by atoms with Crippen LogP contribution in [-0.2, 0) is 0 Å². The van der Waals surface area contributed by atoms with Crippen LogP contribution < -0.4 is 0 Å². The standard InChI is InChI=1S/C30H48O2/c1-25(2)14-15-26(3)16-17-29(6)20(21(26)18-25)8-9-23-27(4)12-11-24(32)28(5,19-31)22(27)10-13-30(23,29)7/h8,14-15,21-24,31-32H,9-13,16-19H2,1-7H3/t21-,22+,23+,24-,26+,27-,28+,29+,30+/m1/s1. The fraction of sp³-hybridized carbons (Fsp3) is 0.867. The lowest BCUT2D eigenvalue weighted by Crippen LogP contribution is -2.65. The Bertz CT molecular complexity index is 855. The van der Waals surface area contributed by atoms with E-state index in [0.717, 1.165) is 19.3 Å². The minimum absolute atomic E-state index is 0.109. The highest BCUT2D eigenvalue weighted by Gasteiger charge is 2.68. The van der Waals surface area contributed by atoms with Crippen LogP contribution in [0.2, 0.25) is 0 Å². The van der Waals surface area contributed by atoms with Crippen LogP contribution in [0.15, 0.2) is 23.8 Å². The molecule has 180 valence electrons. The second-order valence-electron chi connectivity index (χ2n) is 14.6. The Hall–Kier alpha value is -0.600. The second-order valence-corrected chi connectivity index (χ2v) is 14.6. The Labute approximate surface area is 197 Å². The van der Waals surface area contributed by atoms with E-state index in [-0.39, 0.29) is 34.4 Å². The van der Waals surface area contributed by atoms with Gasteiger partial charge in [0.1, 0.15) is 0 Å². The third-order valence-corrected chi connectivity index (χ3v) is 12.6. The highest BCUT2D eigenvalue weighted by molar-refractivity contribution is 5.36. The molecule has 2 N–H and O–H groups in total. The minimum Gasteiger partial charge on any atom is -0.396 e. The molecule has 2 nitrogen and oxygen atoms in total. The molecule has 0 aliphatic heterocycles. The Morgan fingerprint density at radius 2 is 1.59 bits per heavy atom. The van der Waals surface area contributed by atoms with Gasteiger partial charge in [-0.25, -0.2) is 0 Å². The van der Waals surface area contributed by atoms with E-state index in [1.165, 1.54) is 32.1 Å². The SMILES string of the molecule is CC1(C)C=C[C@@]2(C)CC[C@@]3(C)C(=CC[C@H]4[C@]5(C)CC[C@@H](O)[C@@](C)(CO)[C@H]5CC[C@@]43C)[C@H]2C1. The van der Waals surface area contributed by atoms with Gasteiger partial charge in [-0.05, 0) is 96.2 Å². The van der Waals surface area contributed by atoms with Gasteiger partial charge in [-0.15, -0.1) is 0 Å². The first kappa shape index (κ1) is 23.2. The molecule has 0 spiro atoms. The monoisotopic (exact) mass is 440 g/mol. The largest absolute Gasteiger partial charge is 0.396 e. The Morgan fingerprint density at radius 3 is 2.28 bits per heavy atom. The molecule has 0 heterocycles. The number of aliphatic hydroxyl groups excluding tert-OH is 2. The van der Waals surface area contributed by atoms with E-state index in [0.29, 0.717) is 28.6 Å². The summed E-state index contributed by atoms with van der Waals surface area (Å²) in [7, 11) is 0. The highest BCUT2D eigenvalue weighted by atomic mass is 16.3. The number of rotatable bonds is 1. The normalized spacial score (nSPS) is 56.3. The quantitative estimate of drug-likeness (QED) is 0.435. The fourth-order valence-corrected chi connectivity index (χ4v) is 10.1. The van der Waals surface area contributed by atoms with Gasteiger partial charge >= 0.3 is 0 Å². The van der Waals surface area contributed by atoms with Crippen molar-refractivity contribution in [3.8, 4) is 0 Å². The van der Waals surface area contributed by atoms with Crippen molar-refractivity contribution in [1.82, 2.24) is 0 Å². The van der Waals surface area contributed by atoms with E-state index in [1.54, 1.807) is 5.57 Å². The van der Waals surface area contributed by atoms with Crippen molar-refractivity contribution in [3.63, 3.8) is 0 Å². The summed E-state index contributed by atoms with van der Waals surface area (Å²) in [4.78, 5) is 0. The Kier molecular flexibility index (Phi) is 4.88. The molecule has 0 amide bonds. The molecule has 3 fully saturated rings. The maximum absolute atomic E-state index is 10.9. The summed E-state index contributed by atoms with van der Waals surface area (Å²) < 4.78 is 0. The van der Waals surface area contributed by atoms with Crippen LogP contribution in [0.4, 0.5) is 0 Å². The molecule has 9 atom stereocenters. The molecule has 2 heteroatoms. The van der Waals surface area contributed by atoms with Crippen molar-refractivity contribution in [2.45, 2.75) is 106 Å².